The van der Waals surface area contributed by atoms with E-state index in [2.05, 4.69) is 5.32 Å². The van der Waals surface area contributed by atoms with Gasteiger partial charge in [-0.25, -0.2) is 0 Å². The number of alkyl halides is 6. The number of benzene rings is 3. The zero-order chi connectivity index (χ0) is 28.7. The van der Waals surface area contributed by atoms with Gasteiger partial charge in [0.25, 0.3) is 5.91 Å². The van der Waals surface area contributed by atoms with Crippen molar-refractivity contribution in [2.75, 3.05) is 0 Å². The molecule has 1 saturated heterocycles. The summed E-state index contributed by atoms with van der Waals surface area (Å²) in [5, 5.41) is 3.08. The Morgan fingerprint density at radius 3 is 2.33 bits per heavy atom. The largest absolute Gasteiger partial charge is 0.489 e. The van der Waals surface area contributed by atoms with Gasteiger partial charge in [-0.2, -0.15) is 26.3 Å². The minimum Gasteiger partial charge on any atom is -0.489 e. The van der Waals surface area contributed by atoms with E-state index < -0.39 is 35.9 Å². The van der Waals surface area contributed by atoms with Crippen LogP contribution >= 0.6 is 24.0 Å². The predicted octanol–water partition coefficient (Wildman–Crippen LogP) is 7.80. The van der Waals surface area contributed by atoms with Crippen molar-refractivity contribution in [3.63, 3.8) is 0 Å². The second-order valence-corrected chi connectivity index (χ2v) is 10.6. The average Bonchev–Trinajstić information content (AvgIpc) is 3.39. The first-order chi connectivity index (χ1) is 18.9. The van der Waals surface area contributed by atoms with E-state index in [0.29, 0.717) is 35.0 Å². The van der Waals surface area contributed by atoms with Crippen LogP contribution in [-0.2, 0) is 30.3 Å². The molecule has 0 atom stereocenters. The Bertz CT molecular complexity index is 1640. The molecule has 0 radical (unpaired) electrons. The van der Waals surface area contributed by atoms with Crippen molar-refractivity contribution in [2.45, 2.75) is 25.5 Å². The number of amides is 1. The minimum absolute atomic E-state index is 0.118. The number of fused-ring (bicyclic) bond motifs is 1. The van der Waals surface area contributed by atoms with E-state index in [9.17, 15) is 31.1 Å². The highest BCUT2D eigenvalue weighted by atomic mass is 32.2. The number of thioether (sulfide) groups is 1. The highest BCUT2D eigenvalue weighted by Crippen LogP contribution is 2.39. The van der Waals surface area contributed by atoms with E-state index in [1.165, 1.54) is 10.6 Å². The first-order valence-electron chi connectivity index (χ1n) is 11.7. The van der Waals surface area contributed by atoms with Crippen molar-refractivity contribution in [1.82, 2.24) is 9.88 Å². The fraction of sp³-hybridized carbons (Fsp3) is 0.143. The Balaban J connectivity index is 1.58. The fourth-order valence-electron chi connectivity index (χ4n) is 4.28. The highest BCUT2D eigenvalue weighted by Gasteiger charge is 2.38. The molecule has 0 bridgehead atoms. The van der Waals surface area contributed by atoms with Gasteiger partial charge in [0.05, 0.1) is 16.0 Å². The Morgan fingerprint density at radius 1 is 0.925 bits per heavy atom. The molecule has 1 N–H and O–H groups in total. The summed E-state index contributed by atoms with van der Waals surface area (Å²) in [5.74, 6) is 0.0524. The molecular formula is C28H18F6N2O2S2. The lowest BCUT2D eigenvalue weighted by Gasteiger charge is -2.18. The van der Waals surface area contributed by atoms with Crippen LogP contribution in [0.2, 0.25) is 0 Å². The van der Waals surface area contributed by atoms with Gasteiger partial charge in [-0.3, -0.25) is 4.79 Å². The number of aromatic nitrogens is 1. The van der Waals surface area contributed by atoms with Crippen LogP contribution in [0, 0.1) is 0 Å². The lowest BCUT2D eigenvalue weighted by atomic mass is 10.0. The number of halogens is 6. The van der Waals surface area contributed by atoms with Gasteiger partial charge in [0.15, 0.2) is 0 Å². The third-order valence-electron chi connectivity index (χ3n) is 6.15. The third kappa shape index (κ3) is 6.02. The Kier molecular flexibility index (Phi) is 7.40. The van der Waals surface area contributed by atoms with E-state index in [1.54, 1.807) is 24.3 Å². The van der Waals surface area contributed by atoms with Crippen molar-refractivity contribution in [3.8, 4) is 5.75 Å². The van der Waals surface area contributed by atoms with Crippen LogP contribution < -0.4 is 10.1 Å². The van der Waals surface area contributed by atoms with Crippen molar-refractivity contribution in [3.05, 3.63) is 106 Å². The van der Waals surface area contributed by atoms with Crippen molar-refractivity contribution in [1.29, 1.82) is 0 Å². The molecule has 2 heterocycles. The smallest absolute Gasteiger partial charge is 0.416 e. The van der Waals surface area contributed by atoms with Crippen molar-refractivity contribution < 1.29 is 35.9 Å². The first-order valence-corrected chi connectivity index (χ1v) is 12.9. The maximum absolute atomic E-state index is 13.9. The molecular weight excluding hydrogens is 574 g/mol. The number of hydrogen-bond acceptors (Lipinski definition) is 4. The third-order valence-corrected chi connectivity index (χ3v) is 7.31. The van der Waals surface area contributed by atoms with Gasteiger partial charge in [-0.1, -0.05) is 60.4 Å². The maximum Gasteiger partial charge on any atom is 0.416 e. The van der Waals surface area contributed by atoms with E-state index in [4.69, 9.17) is 17.0 Å². The Hall–Kier alpha value is -3.77. The second kappa shape index (κ2) is 10.7. The normalized spacial score (nSPS) is 15.2. The van der Waals surface area contributed by atoms with Crippen LogP contribution in [0.1, 0.15) is 27.9 Å². The fourth-order valence-corrected chi connectivity index (χ4v) is 5.31. The average molecular weight is 593 g/mol. The van der Waals surface area contributed by atoms with Crippen molar-refractivity contribution >= 4 is 51.2 Å². The van der Waals surface area contributed by atoms with Gasteiger partial charge in [0, 0.05) is 23.1 Å². The zero-order valence-corrected chi connectivity index (χ0v) is 21.9. The summed E-state index contributed by atoms with van der Waals surface area (Å²) in [6.45, 7) is -0.116. The topological polar surface area (TPSA) is 43.3 Å². The van der Waals surface area contributed by atoms with Crippen LogP contribution in [-0.4, -0.2) is 14.8 Å². The monoisotopic (exact) mass is 592 g/mol. The molecule has 1 fully saturated rings. The summed E-state index contributed by atoms with van der Waals surface area (Å²) in [4.78, 5) is 12.5. The Labute approximate surface area is 233 Å². The summed E-state index contributed by atoms with van der Waals surface area (Å²) in [6, 6.07) is 17.7. The molecule has 0 unspecified atom stereocenters. The molecule has 1 aliphatic rings. The number of hydrogen-bond donors (Lipinski definition) is 1. The van der Waals surface area contributed by atoms with Crippen LogP contribution in [0.15, 0.2) is 77.7 Å². The summed E-state index contributed by atoms with van der Waals surface area (Å²) in [6.07, 6.45) is -8.47. The minimum atomic E-state index is -5.02. The molecule has 0 spiro atoms. The lowest BCUT2D eigenvalue weighted by molar-refractivity contribution is -0.143. The first kappa shape index (κ1) is 27.8. The standard InChI is InChI=1S/C28H18F6N2O2S2/c29-27(30,31)19-7-6-17(22(12-19)28(32,33)34)14-36-20(13-24-25(37)35-26(39)40-24)10-18-11-21(8-9-23(18)36)38-15-16-4-2-1-3-5-16/h1-13H,14-15H2,(H,35,37,39)/b24-13-. The summed E-state index contributed by atoms with van der Waals surface area (Å²) in [7, 11) is 0. The number of ether oxygens (including phenoxy) is 1. The predicted molar refractivity (Wildman–Crippen MR) is 145 cm³/mol. The SMILES string of the molecule is O=C1NC(=S)S/C1=C\c1cc2cc(OCc3ccccc3)ccc2n1Cc1ccc(C(F)(F)F)cc1C(F)(F)F. The second-order valence-electron chi connectivity index (χ2n) is 8.87. The van der Waals surface area contributed by atoms with E-state index in [-0.39, 0.29) is 20.9 Å². The number of rotatable bonds is 6. The maximum atomic E-state index is 13.9. The molecule has 1 amide bonds. The van der Waals surface area contributed by atoms with Gasteiger partial charge >= 0.3 is 12.4 Å². The summed E-state index contributed by atoms with van der Waals surface area (Å²) in [5.41, 5.74) is -1.34. The van der Waals surface area contributed by atoms with E-state index >= 15 is 0 Å². The van der Waals surface area contributed by atoms with Crippen LogP contribution in [0.3, 0.4) is 0 Å². The van der Waals surface area contributed by atoms with Gasteiger partial charge in [0.1, 0.15) is 16.7 Å². The van der Waals surface area contributed by atoms with Crippen LogP contribution in [0.25, 0.3) is 17.0 Å². The van der Waals surface area contributed by atoms with Gasteiger partial charge < -0.3 is 14.6 Å². The highest BCUT2D eigenvalue weighted by molar-refractivity contribution is 8.26. The molecule has 1 aromatic heterocycles. The number of carbonyl (C=O) groups is 1. The molecule has 0 aliphatic carbocycles. The molecule has 12 heteroatoms. The molecule has 5 rings (SSSR count). The molecule has 40 heavy (non-hydrogen) atoms. The summed E-state index contributed by atoms with van der Waals surface area (Å²) < 4.78 is 88.9. The molecule has 1 aliphatic heterocycles. The van der Waals surface area contributed by atoms with Gasteiger partial charge in [-0.15, -0.1) is 0 Å². The van der Waals surface area contributed by atoms with Gasteiger partial charge in [-0.05, 0) is 53.6 Å². The molecule has 206 valence electrons. The molecule has 4 aromatic rings. The molecule has 4 nitrogen and oxygen atoms in total. The van der Waals surface area contributed by atoms with Crippen molar-refractivity contribution in [2.24, 2.45) is 0 Å². The van der Waals surface area contributed by atoms with Gasteiger partial charge in [0.2, 0.25) is 0 Å². The zero-order valence-electron chi connectivity index (χ0n) is 20.3. The molecule has 0 saturated carbocycles. The number of nitrogens with one attached hydrogen (secondary N) is 1. The van der Waals surface area contributed by atoms with Crippen LogP contribution in [0.5, 0.6) is 5.75 Å². The molecule has 3 aromatic carbocycles. The van der Waals surface area contributed by atoms with E-state index in [0.717, 1.165) is 23.4 Å². The number of carbonyl (C=O) groups excluding carboxylic acids is 1. The number of nitrogens with zero attached hydrogens (tertiary/aromatic N) is 1. The lowest BCUT2D eigenvalue weighted by Crippen LogP contribution is -2.17. The Morgan fingerprint density at radius 2 is 1.68 bits per heavy atom. The van der Waals surface area contributed by atoms with Crippen LogP contribution in [0.4, 0.5) is 26.3 Å². The quantitative estimate of drug-likeness (QED) is 0.141. The summed E-state index contributed by atoms with van der Waals surface area (Å²) >= 11 is 6.03. The van der Waals surface area contributed by atoms with E-state index in [1.807, 2.05) is 30.3 Å². The number of thiocarbonyl (C=S) groups is 1.